The van der Waals surface area contributed by atoms with E-state index in [1.807, 2.05) is 19.1 Å². The Labute approximate surface area is 85.0 Å². The highest BCUT2D eigenvalue weighted by molar-refractivity contribution is 8.13. The van der Waals surface area contributed by atoms with Crippen LogP contribution < -0.4 is 5.43 Å². The Balaban J connectivity index is 2.63. The van der Waals surface area contributed by atoms with E-state index >= 15 is 0 Å². The lowest BCUT2D eigenvalue weighted by Gasteiger charge is -2.30. The van der Waals surface area contributed by atoms with E-state index in [-0.39, 0.29) is 5.54 Å². The van der Waals surface area contributed by atoms with Gasteiger partial charge in [0.2, 0.25) is 0 Å². The predicted octanol–water partition coefficient (Wildman–Crippen LogP) is 1.71. The van der Waals surface area contributed by atoms with Gasteiger partial charge in [-0.15, -0.1) is 0 Å². The van der Waals surface area contributed by atoms with Gasteiger partial charge in [0.25, 0.3) is 0 Å². The number of nitrogens with zero attached hydrogens (tertiary/aromatic N) is 2. The van der Waals surface area contributed by atoms with Gasteiger partial charge in [-0.3, -0.25) is 10.4 Å². The van der Waals surface area contributed by atoms with Gasteiger partial charge in [0, 0.05) is 19.8 Å². The number of aliphatic imine (C=N–C) groups is 1. The predicted molar refractivity (Wildman–Crippen MR) is 60.0 cm³/mol. The molecule has 4 heteroatoms. The number of hydrogen-bond donors (Lipinski definition) is 1. The Kier molecular flexibility index (Phi) is 3.62. The fourth-order valence-corrected chi connectivity index (χ4v) is 2.47. The van der Waals surface area contributed by atoms with Crippen LogP contribution in [-0.2, 0) is 0 Å². The van der Waals surface area contributed by atoms with Crippen molar-refractivity contribution in [3.8, 4) is 0 Å². The molecule has 3 nitrogen and oxygen atoms in total. The van der Waals surface area contributed by atoms with Gasteiger partial charge < -0.3 is 0 Å². The molecule has 0 aliphatic carbocycles. The van der Waals surface area contributed by atoms with Crippen LogP contribution in [0.25, 0.3) is 0 Å². The zero-order valence-corrected chi connectivity index (χ0v) is 9.74. The fraction of sp³-hybridized carbons (Fsp3) is 0.889. The Hall–Kier alpha value is -0.220. The molecule has 0 aromatic heterocycles. The summed E-state index contributed by atoms with van der Waals surface area (Å²) in [5, 5.41) is 2.99. The lowest BCUT2D eigenvalue weighted by atomic mass is 9.97. The second-order valence-corrected chi connectivity index (χ2v) is 4.96. The zero-order chi connectivity index (χ0) is 9.90. The first-order valence-electron chi connectivity index (χ1n) is 4.72. The quantitative estimate of drug-likeness (QED) is 0.689. The normalized spacial score (nSPS) is 28.8. The Morgan fingerprint density at radius 3 is 2.85 bits per heavy atom. The molecule has 1 atom stereocenters. The summed E-state index contributed by atoms with van der Waals surface area (Å²) in [4.78, 5) is 4.70. The number of hydrogen-bond acceptors (Lipinski definition) is 4. The van der Waals surface area contributed by atoms with Crippen molar-refractivity contribution >= 4 is 16.9 Å². The largest absolute Gasteiger partial charge is 0.298 e. The van der Waals surface area contributed by atoms with Crippen molar-refractivity contribution in [3.05, 3.63) is 0 Å². The molecule has 1 rings (SSSR count). The highest BCUT2D eigenvalue weighted by Gasteiger charge is 2.25. The van der Waals surface area contributed by atoms with Gasteiger partial charge in [-0.25, -0.2) is 5.01 Å². The summed E-state index contributed by atoms with van der Waals surface area (Å²) in [5.74, 6) is 1.17. The molecule has 0 saturated heterocycles. The molecule has 13 heavy (non-hydrogen) atoms. The molecule has 0 spiro atoms. The number of amidine groups is 1. The monoisotopic (exact) mass is 201 g/mol. The van der Waals surface area contributed by atoms with Gasteiger partial charge in [0.05, 0.1) is 5.54 Å². The fourth-order valence-electron chi connectivity index (χ4n) is 1.21. The highest BCUT2D eigenvalue weighted by atomic mass is 32.2. The molecule has 1 N–H and O–H groups in total. The van der Waals surface area contributed by atoms with E-state index in [1.54, 1.807) is 11.8 Å². The van der Waals surface area contributed by atoms with Crippen molar-refractivity contribution in [2.75, 3.05) is 19.8 Å². The van der Waals surface area contributed by atoms with Crippen LogP contribution in [0.3, 0.4) is 0 Å². The first-order valence-corrected chi connectivity index (χ1v) is 5.71. The second-order valence-electron chi connectivity index (χ2n) is 3.87. The van der Waals surface area contributed by atoms with E-state index in [2.05, 4.69) is 19.3 Å². The molecule has 1 unspecified atom stereocenters. The Bertz CT molecular complexity index is 203. The van der Waals surface area contributed by atoms with Crippen molar-refractivity contribution in [2.24, 2.45) is 4.99 Å². The Morgan fingerprint density at radius 2 is 2.31 bits per heavy atom. The maximum Gasteiger partial charge on any atom is 0.171 e. The first kappa shape index (κ1) is 10.9. The molecule has 0 aromatic rings. The third kappa shape index (κ3) is 3.19. The molecule has 0 aromatic carbocycles. The van der Waals surface area contributed by atoms with Gasteiger partial charge in [-0.2, -0.15) is 0 Å². The maximum atomic E-state index is 4.70. The van der Waals surface area contributed by atoms with Crippen LogP contribution in [0.1, 0.15) is 26.7 Å². The maximum absolute atomic E-state index is 4.70. The Morgan fingerprint density at radius 1 is 1.62 bits per heavy atom. The van der Waals surface area contributed by atoms with Gasteiger partial charge in [-0.05, 0) is 19.8 Å². The minimum absolute atomic E-state index is 0.156. The summed E-state index contributed by atoms with van der Waals surface area (Å²) >= 11 is 1.81. The van der Waals surface area contributed by atoms with Crippen LogP contribution in [-0.4, -0.2) is 35.6 Å². The number of nitrogens with one attached hydrogen (secondary N) is 1. The van der Waals surface area contributed by atoms with Crippen molar-refractivity contribution in [1.82, 2.24) is 10.4 Å². The lowest BCUT2D eigenvalue weighted by Crippen LogP contribution is -2.39. The van der Waals surface area contributed by atoms with Crippen LogP contribution >= 0.6 is 11.8 Å². The minimum atomic E-state index is 0.156. The molecular weight excluding hydrogens is 182 g/mol. The van der Waals surface area contributed by atoms with Crippen molar-refractivity contribution in [1.29, 1.82) is 0 Å². The third-order valence-corrected chi connectivity index (χ3v) is 3.20. The topological polar surface area (TPSA) is 27.6 Å². The highest BCUT2D eigenvalue weighted by Crippen LogP contribution is 2.28. The van der Waals surface area contributed by atoms with E-state index in [9.17, 15) is 0 Å². The average Bonchev–Trinajstić information content (AvgIpc) is 2.03. The van der Waals surface area contributed by atoms with Crippen molar-refractivity contribution < 1.29 is 0 Å². The minimum Gasteiger partial charge on any atom is -0.298 e. The molecular formula is C9H19N3S. The molecule has 1 heterocycles. The van der Waals surface area contributed by atoms with E-state index in [0.29, 0.717) is 0 Å². The smallest absolute Gasteiger partial charge is 0.171 e. The molecule has 0 radical (unpaired) electrons. The summed E-state index contributed by atoms with van der Waals surface area (Å²) in [7, 11) is 3.97. The van der Waals surface area contributed by atoms with Crippen molar-refractivity contribution in [2.45, 2.75) is 32.2 Å². The van der Waals surface area contributed by atoms with Crippen LogP contribution in [0.2, 0.25) is 0 Å². The van der Waals surface area contributed by atoms with Crippen LogP contribution in [0.15, 0.2) is 4.99 Å². The van der Waals surface area contributed by atoms with E-state index in [1.165, 1.54) is 12.2 Å². The van der Waals surface area contributed by atoms with Crippen LogP contribution in [0.4, 0.5) is 0 Å². The second kappa shape index (κ2) is 4.33. The molecule has 0 amide bonds. The van der Waals surface area contributed by atoms with Gasteiger partial charge in [0.15, 0.2) is 5.17 Å². The molecule has 0 fully saturated rings. The first-order chi connectivity index (χ1) is 6.06. The molecule has 0 saturated carbocycles. The average molecular weight is 201 g/mol. The number of rotatable bonds is 2. The molecule has 76 valence electrons. The summed E-state index contributed by atoms with van der Waals surface area (Å²) in [6, 6.07) is 0. The SMILES string of the molecule is CCC1(C)CCSC(NN(C)C)=N1. The van der Waals surface area contributed by atoms with E-state index in [4.69, 9.17) is 4.99 Å². The summed E-state index contributed by atoms with van der Waals surface area (Å²) in [5.41, 5.74) is 3.37. The summed E-state index contributed by atoms with van der Waals surface area (Å²) in [6.45, 7) is 4.43. The van der Waals surface area contributed by atoms with E-state index < -0.39 is 0 Å². The van der Waals surface area contributed by atoms with E-state index in [0.717, 1.165) is 11.6 Å². The lowest BCUT2D eigenvalue weighted by molar-refractivity contribution is 0.358. The number of hydrazine groups is 1. The molecule has 1 aliphatic heterocycles. The third-order valence-electron chi connectivity index (χ3n) is 2.33. The summed E-state index contributed by atoms with van der Waals surface area (Å²) < 4.78 is 0. The van der Waals surface area contributed by atoms with Crippen LogP contribution in [0.5, 0.6) is 0 Å². The van der Waals surface area contributed by atoms with Gasteiger partial charge >= 0.3 is 0 Å². The van der Waals surface area contributed by atoms with Gasteiger partial charge in [-0.1, -0.05) is 18.7 Å². The van der Waals surface area contributed by atoms with Gasteiger partial charge in [0.1, 0.15) is 0 Å². The molecule has 0 bridgehead atoms. The summed E-state index contributed by atoms with van der Waals surface area (Å²) in [6.07, 6.45) is 2.30. The zero-order valence-electron chi connectivity index (χ0n) is 8.92. The van der Waals surface area contributed by atoms with Crippen LogP contribution in [0, 0.1) is 0 Å². The van der Waals surface area contributed by atoms with Crippen molar-refractivity contribution in [3.63, 3.8) is 0 Å². The molecule has 1 aliphatic rings. The standard InChI is InChI=1S/C9H19N3S/c1-5-9(2)6-7-13-8(10-9)11-12(3)4/h5-7H2,1-4H3,(H,10,11). The number of thioether (sulfide) groups is 1.